The molecule has 0 unspecified atom stereocenters. The molecule has 0 fully saturated rings. The molecular weight excluding hydrogens is 340 g/mol. The van der Waals surface area contributed by atoms with Crippen LogP contribution in [0.4, 0.5) is 0 Å². The Morgan fingerprint density at radius 1 is 1.19 bits per heavy atom. The van der Waals surface area contributed by atoms with Gasteiger partial charge >= 0.3 is 0 Å². The summed E-state index contributed by atoms with van der Waals surface area (Å²) < 4.78 is 11.1. The van der Waals surface area contributed by atoms with Gasteiger partial charge in [0.1, 0.15) is 11.6 Å². The van der Waals surface area contributed by atoms with Gasteiger partial charge in [0.15, 0.2) is 11.5 Å². The highest BCUT2D eigenvalue weighted by molar-refractivity contribution is 6.01. The first kappa shape index (κ1) is 20.1. The summed E-state index contributed by atoms with van der Waals surface area (Å²) in [4.78, 5) is 12.3. The molecule has 1 amide bonds. The summed E-state index contributed by atoms with van der Waals surface area (Å²) in [7, 11) is 1.56. The third-order valence-electron chi connectivity index (χ3n) is 3.92. The Hall–Kier alpha value is -3.26. The summed E-state index contributed by atoms with van der Waals surface area (Å²) in [5.74, 6) is 0.806. The van der Waals surface area contributed by atoms with Gasteiger partial charge < -0.3 is 14.8 Å². The number of benzene rings is 2. The van der Waals surface area contributed by atoms with Crippen LogP contribution in [0.1, 0.15) is 30.9 Å². The predicted octanol–water partition coefficient (Wildman–Crippen LogP) is 4.10. The van der Waals surface area contributed by atoms with Crippen molar-refractivity contribution >= 4 is 12.0 Å². The average Bonchev–Trinajstić information content (AvgIpc) is 2.71. The first-order chi connectivity index (χ1) is 13.2. The highest BCUT2D eigenvalue weighted by Crippen LogP contribution is 2.29. The van der Waals surface area contributed by atoms with Crippen LogP contribution in [0, 0.1) is 11.3 Å². The lowest BCUT2D eigenvalue weighted by atomic mass is 10.1. The zero-order valence-corrected chi connectivity index (χ0v) is 15.7. The lowest BCUT2D eigenvalue weighted by molar-refractivity contribution is -0.117. The number of amides is 1. The monoisotopic (exact) mass is 364 g/mol. The fourth-order valence-electron chi connectivity index (χ4n) is 2.41. The van der Waals surface area contributed by atoms with E-state index in [9.17, 15) is 10.1 Å². The van der Waals surface area contributed by atoms with E-state index in [4.69, 9.17) is 9.47 Å². The van der Waals surface area contributed by atoms with Crippen LogP contribution in [-0.2, 0) is 11.3 Å². The molecule has 0 atom stereocenters. The number of nitrogens with one attached hydrogen (secondary N) is 1. The highest BCUT2D eigenvalue weighted by Gasteiger charge is 2.10. The van der Waals surface area contributed by atoms with Gasteiger partial charge in [0.2, 0.25) is 0 Å². The number of hydrogen-bond donors (Lipinski definition) is 1. The van der Waals surface area contributed by atoms with Crippen molar-refractivity contribution in [1.29, 1.82) is 5.26 Å². The van der Waals surface area contributed by atoms with Crippen molar-refractivity contribution in [2.75, 3.05) is 13.7 Å². The summed E-state index contributed by atoms with van der Waals surface area (Å²) >= 11 is 0. The number of rotatable bonds is 9. The molecule has 5 nitrogen and oxygen atoms in total. The highest BCUT2D eigenvalue weighted by atomic mass is 16.5. The van der Waals surface area contributed by atoms with Gasteiger partial charge in [0.25, 0.3) is 5.91 Å². The number of hydrogen-bond acceptors (Lipinski definition) is 4. The van der Waals surface area contributed by atoms with Gasteiger partial charge in [-0.05, 0) is 35.8 Å². The molecule has 2 aromatic rings. The van der Waals surface area contributed by atoms with E-state index in [-0.39, 0.29) is 5.57 Å². The minimum Gasteiger partial charge on any atom is -0.493 e. The van der Waals surface area contributed by atoms with Crippen LogP contribution in [0.5, 0.6) is 11.5 Å². The molecule has 0 aliphatic carbocycles. The molecule has 0 aliphatic heterocycles. The molecule has 0 bridgehead atoms. The van der Waals surface area contributed by atoms with Crippen molar-refractivity contribution in [2.45, 2.75) is 26.3 Å². The molecule has 0 radical (unpaired) electrons. The number of ether oxygens (including phenoxy) is 2. The lowest BCUT2D eigenvalue weighted by Gasteiger charge is -2.11. The van der Waals surface area contributed by atoms with Gasteiger partial charge in [0, 0.05) is 6.54 Å². The molecule has 0 saturated carbocycles. The van der Waals surface area contributed by atoms with E-state index >= 15 is 0 Å². The Morgan fingerprint density at radius 3 is 2.63 bits per heavy atom. The second-order valence-electron chi connectivity index (χ2n) is 5.95. The zero-order chi connectivity index (χ0) is 19.5. The Kier molecular flexibility index (Phi) is 7.92. The van der Waals surface area contributed by atoms with Crippen molar-refractivity contribution in [3.63, 3.8) is 0 Å². The first-order valence-electron chi connectivity index (χ1n) is 8.92. The van der Waals surface area contributed by atoms with Crippen molar-refractivity contribution in [1.82, 2.24) is 5.32 Å². The number of nitriles is 1. The SMILES string of the molecule is CCCCOc1ccc(C=C(C#N)C(=O)NCc2ccccc2)cc1OC. The summed E-state index contributed by atoms with van der Waals surface area (Å²) in [5.41, 5.74) is 1.70. The largest absolute Gasteiger partial charge is 0.493 e. The zero-order valence-electron chi connectivity index (χ0n) is 15.7. The molecule has 27 heavy (non-hydrogen) atoms. The van der Waals surface area contributed by atoms with Crippen LogP contribution in [-0.4, -0.2) is 19.6 Å². The number of unbranched alkanes of at least 4 members (excludes halogenated alkanes) is 1. The Bertz CT molecular complexity index is 823. The minimum atomic E-state index is -0.413. The normalized spacial score (nSPS) is 10.8. The molecule has 0 spiro atoms. The third-order valence-corrected chi connectivity index (χ3v) is 3.92. The molecule has 2 aromatic carbocycles. The molecule has 5 heteroatoms. The van der Waals surface area contributed by atoms with Crippen LogP contribution in [0.2, 0.25) is 0 Å². The average molecular weight is 364 g/mol. The van der Waals surface area contributed by atoms with Crippen LogP contribution >= 0.6 is 0 Å². The Labute approximate surface area is 160 Å². The second kappa shape index (κ2) is 10.7. The van der Waals surface area contributed by atoms with E-state index in [0.717, 1.165) is 18.4 Å². The predicted molar refractivity (Wildman–Crippen MR) is 105 cm³/mol. The maximum atomic E-state index is 12.3. The summed E-state index contributed by atoms with van der Waals surface area (Å²) in [5, 5.41) is 12.1. The van der Waals surface area contributed by atoms with Crippen molar-refractivity contribution < 1.29 is 14.3 Å². The van der Waals surface area contributed by atoms with Crippen LogP contribution in [0.15, 0.2) is 54.1 Å². The standard InChI is InChI=1S/C22H24N2O3/c1-3-4-12-27-20-11-10-18(14-21(20)26-2)13-19(15-23)22(25)24-16-17-8-6-5-7-9-17/h5-11,13-14H,3-4,12,16H2,1-2H3,(H,24,25). The topological polar surface area (TPSA) is 71.3 Å². The van der Waals surface area contributed by atoms with E-state index < -0.39 is 5.91 Å². The minimum absolute atomic E-state index is 0.0348. The van der Waals surface area contributed by atoms with E-state index in [1.807, 2.05) is 36.4 Å². The fraction of sp³-hybridized carbons (Fsp3) is 0.273. The first-order valence-corrected chi connectivity index (χ1v) is 8.92. The third kappa shape index (κ3) is 6.19. The van der Waals surface area contributed by atoms with Gasteiger partial charge in [0.05, 0.1) is 13.7 Å². The summed E-state index contributed by atoms with van der Waals surface area (Å²) in [6.45, 7) is 3.08. The van der Waals surface area contributed by atoms with Crippen molar-refractivity contribution in [3.8, 4) is 17.6 Å². The molecule has 140 valence electrons. The lowest BCUT2D eigenvalue weighted by Crippen LogP contribution is -2.23. The van der Waals surface area contributed by atoms with Crippen LogP contribution in [0.3, 0.4) is 0 Å². The molecule has 0 heterocycles. The van der Waals surface area contributed by atoms with E-state index in [2.05, 4.69) is 12.2 Å². The molecule has 0 aromatic heterocycles. The van der Waals surface area contributed by atoms with Gasteiger partial charge in [-0.15, -0.1) is 0 Å². The van der Waals surface area contributed by atoms with E-state index in [0.29, 0.717) is 30.2 Å². The van der Waals surface area contributed by atoms with Gasteiger partial charge in [-0.3, -0.25) is 4.79 Å². The fourth-order valence-corrected chi connectivity index (χ4v) is 2.41. The Balaban J connectivity index is 2.09. The van der Waals surface area contributed by atoms with Gasteiger partial charge in [-0.2, -0.15) is 5.26 Å². The number of carbonyl (C=O) groups excluding carboxylic acids is 1. The van der Waals surface area contributed by atoms with Crippen molar-refractivity contribution in [3.05, 3.63) is 65.2 Å². The Morgan fingerprint density at radius 2 is 1.96 bits per heavy atom. The number of carbonyl (C=O) groups is 1. The van der Waals surface area contributed by atoms with Gasteiger partial charge in [-0.25, -0.2) is 0 Å². The number of nitrogens with zero attached hydrogens (tertiary/aromatic N) is 1. The van der Waals surface area contributed by atoms with E-state index in [1.165, 1.54) is 0 Å². The van der Waals surface area contributed by atoms with Crippen LogP contribution < -0.4 is 14.8 Å². The van der Waals surface area contributed by atoms with Gasteiger partial charge in [-0.1, -0.05) is 49.7 Å². The maximum absolute atomic E-state index is 12.3. The smallest absolute Gasteiger partial charge is 0.262 e. The quantitative estimate of drug-likeness (QED) is 0.413. The van der Waals surface area contributed by atoms with Crippen LogP contribution in [0.25, 0.3) is 6.08 Å². The molecule has 0 saturated heterocycles. The summed E-state index contributed by atoms with van der Waals surface area (Å²) in [6, 6.07) is 16.8. The molecule has 2 rings (SSSR count). The van der Waals surface area contributed by atoms with Crippen molar-refractivity contribution in [2.24, 2.45) is 0 Å². The molecular formula is C22H24N2O3. The second-order valence-corrected chi connectivity index (χ2v) is 5.95. The molecule has 1 N–H and O–H groups in total. The molecule has 0 aliphatic rings. The van der Waals surface area contributed by atoms with E-state index in [1.54, 1.807) is 31.4 Å². The summed E-state index contributed by atoms with van der Waals surface area (Å²) in [6.07, 6.45) is 3.55. The number of methoxy groups -OCH3 is 1. The maximum Gasteiger partial charge on any atom is 0.262 e.